The molecule has 0 bridgehead atoms. The smallest absolute Gasteiger partial charge is 0.227 e. The third-order valence-electron chi connectivity index (χ3n) is 0.793. The van der Waals surface area contributed by atoms with Gasteiger partial charge in [0.05, 0.1) is 6.54 Å². The van der Waals surface area contributed by atoms with Gasteiger partial charge in [0.15, 0.2) is 0 Å². The molecule has 0 aromatic rings. The van der Waals surface area contributed by atoms with Gasteiger partial charge in [-0.05, 0) is 6.42 Å². The number of hydrogen-bond acceptors (Lipinski definition) is 0. The molecule has 0 aliphatic heterocycles. The molecule has 3 N–H and O–H groups in total. The third-order valence-corrected chi connectivity index (χ3v) is 0.793. The van der Waals surface area contributed by atoms with Crippen LogP contribution in [0.1, 0.15) is 19.8 Å². The number of hydrogen-bond donors (Lipinski definition) is 2. The first-order chi connectivity index (χ1) is 3.41. The lowest BCUT2D eigenvalue weighted by atomic mass is 10.3. The maximum absolute atomic E-state index is 5.03. The minimum absolute atomic E-state index is 1.01. The second-order valence-corrected chi connectivity index (χ2v) is 1.47. The first kappa shape index (κ1) is 6.47. The molecule has 0 unspecified atom stereocenters. The molecule has 0 aliphatic carbocycles. The summed E-state index contributed by atoms with van der Waals surface area (Å²) in [5, 5.41) is 0. The SMILES string of the molecule is CCCC[NH+]=CN. The average Bonchev–Trinajstić information content (AvgIpc) is 1.69. The first-order valence-electron chi connectivity index (χ1n) is 2.68. The summed E-state index contributed by atoms with van der Waals surface area (Å²) in [5.74, 6) is 0. The van der Waals surface area contributed by atoms with Crippen LogP contribution in [0.15, 0.2) is 0 Å². The fourth-order valence-corrected chi connectivity index (χ4v) is 0.362. The summed E-state index contributed by atoms with van der Waals surface area (Å²) in [5.41, 5.74) is 5.03. The zero-order chi connectivity index (χ0) is 5.54. The van der Waals surface area contributed by atoms with Gasteiger partial charge in [-0.15, -0.1) is 0 Å². The van der Waals surface area contributed by atoms with Gasteiger partial charge in [-0.3, -0.25) is 10.7 Å². The molecule has 0 fully saturated rings. The molecular formula is C5H13N2+. The van der Waals surface area contributed by atoms with Crippen molar-refractivity contribution in [2.24, 2.45) is 5.73 Å². The Morgan fingerprint density at radius 1 is 1.71 bits per heavy atom. The van der Waals surface area contributed by atoms with Gasteiger partial charge in [-0.2, -0.15) is 0 Å². The summed E-state index contributed by atoms with van der Waals surface area (Å²) < 4.78 is 0. The van der Waals surface area contributed by atoms with E-state index in [0.717, 1.165) is 6.54 Å². The highest BCUT2D eigenvalue weighted by Gasteiger charge is 1.76. The van der Waals surface area contributed by atoms with Gasteiger partial charge >= 0.3 is 0 Å². The van der Waals surface area contributed by atoms with Crippen LogP contribution in [-0.2, 0) is 0 Å². The largest absolute Gasteiger partial charge is 0.294 e. The van der Waals surface area contributed by atoms with Crippen LogP contribution in [0, 0.1) is 0 Å². The standard InChI is InChI=1S/C5H12N2/c1-2-3-4-7-5-6/h5H,2-4H2,1H3,(H2,6,7)/p+1. The fourth-order valence-electron chi connectivity index (χ4n) is 0.362. The molecule has 0 radical (unpaired) electrons. The van der Waals surface area contributed by atoms with E-state index >= 15 is 0 Å². The molecule has 42 valence electrons. The van der Waals surface area contributed by atoms with E-state index in [1.807, 2.05) is 0 Å². The Hall–Kier alpha value is -0.530. The Bertz CT molecular complexity index is 50.0. The molecule has 0 spiro atoms. The van der Waals surface area contributed by atoms with Gasteiger partial charge in [0.1, 0.15) is 0 Å². The summed E-state index contributed by atoms with van der Waals surface area (Å²) >= 11 is 0. The lowest BCUT2D eigenvalue weighted by Gasteiger charge is -1.81. The van der Waals surface area contributed by atoms with Crippen LogP contribution in [0.3, 0.4) is 0 Å². The van der Waals surface area contributed by atoms with Gasteiger partial charge in [0, 0.05) is 0 Å². The van der Waals surface area contributed by atoms with E-state index in [9.17, 15) is 0 Å². The van der Waals surface area contributed by atoms with Crippen molar-refractivity contribution in [2.75, 3.05) is 6.54 Å². The molecule has 2 heteroatoms. The number of unbranched alkanes of at least 4 members (excludes halogenated alkanes) is 1. The summed E-state index contributed by atoms with van der Waals surface area (Å²) in [4.78, 5) is 2.90. The molecule has 0 aromatic carbocycles. The van der Waals surface area contributed by atoms with E-state index < -0.39 is 0 Å². The number of nitrogens with two attached hydrogens (primary N) is 1. The van der Waals surface area contributed by atoms with Crippen LogP contribution in [0.25, 0.3) is 0 Å². The second kappa shape index (κ2) is 5.47. The van der Waals surface area contributed by atoms with Gasteiger partial charge in [0.25, 0.3) is 0 Å². The summed E-state index contributed by atoms with van der Waals surface area (Å²) in [6.45, 7) is 3.16. The quantitative estimate of drug-likeness (QED) is 0.263. The summed E-state index contributed by atoms with van der Waals surface area (Å²) in [7, 11) is 0. The minimum atomic E-state index is 1.01. The third kappa shape index (κ3) is 5.47. The molecule has 0 rings (SSSR count). The molecule has 0 saturated heterocycles. The molecule has 0 amide bonds. The second-order valence-electron chi connectivity index (χ2n) is 1.47. The van der Waals surface area contributed by atoms with Crippen molar-refractivity contribution in [1.29, 1.82) is 0 Å². The van der Waals surface area contributed by atoms with Crippen LogP contribution in [0.5, 0.6) is 0 Å². The summed E-state index contributed by atoms with van der Waals surface area (Å²) in [6.07, 6.45) is 3.91. The van der Waals surface area contributed by atoms with Crippen molar-refractivity contribution in [3.8, 4) is 0 Å². The molecule has 0 atom stereocenters. The van der Waals surface area contributed by atoms with E-state index in [4.69, 9.17) is 5.73 Å². The maximum Gasteiger partial charge on any atom is 0.227 e. The Balaban J connectivity index is 2.69. The van der Waals surface area contributed by atoms with Crippen molar-refractivity contribution in [1.82, 2.24) is 0 Å². The normalized spacial score (nSPS) is 10.4. The molecule has 0 saturated carbocycles. The molecular weight excluding hydrogens is 88.1 g/mol. The zero-order valence-corrected chi connectivity index (χ0v) is 4.78. The zero-order valence-electron chi connectivity index (χ0n) is 4.78. The van der Waals surface area contributed by atoms with E-state index in [1.165, 1.54) is 19.2 Å². The van der Waals surface area contributed by atoms with Gasteiger partial charge in [0.2, 0.25) is 6.34 Å². The highest BCUT2D eigenvalue weighted by atomic mass is 14.8. The molecule has 0 heterocycles. The molecule has 7 heavy (non-hydrogen) atoms. The van der Waals surface area contributed by atoms with Gasteiger partial charge < -0.3 is 0 Å². The molecule has 0 aromatic heterocycles. The maximum atomic E-state index is 5.03. The Morgan fingerprint density at radius 3 is 2.86 bits per heavy atom. The Labute approximate surface area is 44.4 Å². The average molecular weight is 101 g/mol. The van der Waals surface area contributed by atoms with Crippen LogP contribution in [0.4, 0.5) is 0 Å². The lowest BCUT2D eigenvalue weighted by molar-refractivity contribution is -0.453. The predicted molar refractivity (Wildman–Crippen MR) is 31.0 cm³/mol. The first-order valence-corrected chi connectivity index (χ1v) is 2.68. The molecule has 2 nitrogen and oxygen atoms in total. The van der Waals surface area contributed by atoms with Crippen molar-refractivity contribution in [2.45, 2.75) is 19.8 Å². The number of rotatable bonds is 3. The van der Waals surface area contributed by atoms with Crippen molar-refractivity contribution < 1.29 is 4.99 Å². The Kier molecular flexibility index (Phi) is 5.06. The van der Waals surface area contributed by atoms with E-state index in [2.05, 4.69) is 11.9 Å². The van der Waals surface area contributed by atoms with E-state index in [1.54, 1.807) is 0 Å². The topological polar surface area (TPSA) is 40.0 Å². The lowest BCUT2D eigenvalue weighted by Crippen LogP contribution is -2.70. The van der Waals surface area contributed by atoms with E-state index in [-0.39, 0.29) is 0 Å². The summed E-state index contributed by atoms with van der Waals surface area (Å²) in [6, 6.07) is 0. The van der Waals surface area contributed by atoms with E-state index in [0.29, 0.717) is 0 Å². The predicted octanol–water partition coefficient (Wildman–Crippen LogP) is -1.15. The fraction of sp³-hybridized carbons (Fsp3) is 0.800. The Morgan fingerprint density at radius 2 is 2.43 bits per heavy atom. The van der Waals surface area contributed by atoms with Crippen LogP contribution in [0.2, 0.25) is 0 Å². The molecule has 0 aliphatic rings. The highest BCUT2D eigenvalue weighted by Crippen LogP contribution is 1.76. The van der Waals surface area contributed by atoms with Crippen LogP contribution in [-0.4, -0.2) is 12.9 Å². The number of nitrogens with one attached hydrogen (secondary N) is 1. The van der Waals surface area contributed by atoms with Crippen molar-refractivity contribution in [3.05, 3.63) is 0 Å². The van der Waals surface area contributed by atoms with Crippen molar-refractivity contribution >= 4 is 6.34 Å². The van der Waals surface area contributed by atoms with Crippen molar-refractivity contribution in [3.63, 3.8) is 0 Å². The monoisotopic (exact) mass is 101 g/mol. The highest BCUT2D eigenvalue weighted by molar-refractivity contribution is 5.42. The van der Waals surface area contributed by atoms with Gasteiger partial charge in [-0.1, -0.05) is 13.3 Å². The minimum Gasteiger partial charge on any atom is -0.294 e. The van der Waals surface area contributed by atoms with Crippen LogP contribution < -0.4 is 10.7 Å². The van der Waals surface area contributed by atoms with Crippen LogP contribution >= 0.6 is 0 Å². The van der Waals surface area contributed by atoms with Gasteiger partial charge in [-0.25, -0.2) is 0 Å².